The van der Waals surface area contributed by atoms with Crippen molar-refractivity contribution in [2.24, 2.45) is 5.10 Å². The van der Waals surface area contributed by atoms with E-state index in [4.69, 9.17) is 13.9 Å². The molecule has 1 heterocycles. The number of fused-ring (bicyclic) bond motifs is 1. The van der Waals surface area contributed by atoms with Crippen LogP contribution in [0.25, 0.3) is 11.0 Å². The molecular weight excluding hydrogens is 544 g/mol. The SMILES string of the molecule is C=CCc1cc(/C=N/NC(=O)c2cc3cc(Br)ccc3o2)cc(Br)c1OCC(=O)OCC. The molecule has 7 nitrogen and oxygen atoms in total. The second-order valence-corrected chi connectivity index (χ2v) is 8.34. The Labute approximate surface area is 201 Å². The molecule has 0 atom stereocenters. The molecule has 0 aliphatic heterocycles. The van der Waals surface area contributed by atoms with E-state index in [9.17, 15) is 9.59 Å². The van der Waals surface area contributed by atoms with E-state index < -0.39 is 11.9 Å². The Morgan fingerprint density at radius 1 is 1.22 bits per heavy atom. The molecule has 0 saturated carbocycles. The summed E-state index contributed by atoms with van der Waals surface area (Å²) in [6, 6.07) is 10.7. The maximum absolute atomic E-state index is 12.4. The minimum atomic E-state index is -0.464. The number of esters is 1. The number of hydrogen-bond acceptors (Lipinski definition) is 6. The molecule has 1 N–H and O–H groups in total. The molecule has 0 unspecified atom stereocenters. The van der Waals surface area contributed by atoms with Gasteiger partial charge in [-0.25, -0.2) is 10.2 Å². The van der Waals surface area contributed by atoms with Crippen molar-refractivity contribution >= 4 is 60.9 Å². The summed E-state index contributed by atoms with van der Waals surface area (Å²) in [6.07, 6.45) is 3.74. The fourth-order valence-electron chi connectivity index (χ4n) is 2.90. The first-order chi connectivity index (χ1) is 15.4. The summed E-state index contributed by atoms with van der Waals surface area (Å²) in [5.41, 5.74) is 4.58. The van der Waals surface area contributed by atoms with Crippen molar-refractivity contribution in [2.45, 2.75) is 13.3 Å². The number of carbonyl (C=O) groups excluding carboxylic acids is 2. The molecular formula is C23H20Br2N2O5. The predicted molar refractivity (Wildman–Crippen MR) is 129 cm³/mol. The fraction of sp³-hybridized carbons (Fsp3) is 0.174. The first kappa shape index (κ1) is 23.7. The van der Waals surface area contributed by atoms with Crippen molar-refractivity contribution in [1.82, 2.24) is 5.43 Å². The van der Waals surface area contributed by atoms with E-state index in [1.165, 1.54) is 6.21 Å². The van der Waals surface area contributed by atoms with Crippen LogP contribution in [0.5, 0.6) is 5.75 Å². The highest BCUT2D eigenvalue weighted by Gasteiger charge is 2.14. The number of hydrogen-bond donors (Lipinski definition) is 1. The van der Waals surface area contributed by atoms with Gasteiger partial charge in [0, 0.05) is 9.86 Å². The topological polar surface area (TPSA) is 90.1 Å². The molecule has 0 aliphatic rings. The number of furan rings is 1. The average molecular weight is 564 g/mol. The van der Waals surface area contributed by atoms with E-state index in [0.717, 1.165) is 15.4 Å². The highest BCUT2D eigenvalue weighted by molar-refractivity contribution is 9.10. The summed E-state index contributed by atoms with van der Waals surface area (Å²) in [5, 5.41) is 4.83. The van der Waals surface area contributed by atoms with Gasteiger partial charge in [0.15, 0.2) is 12.4 Å². The third-order valence-electron chi connectivity index (χ3n) is 4.23. The van der Waals surface area contributed by atoms with E-state index in [1.54, 1.807) is 31.2 Å². The van der Waals surface area contributed by atoms with Crippen LogP contribution in [0.1, 0.15) is 28.6 Å². The zero-order valence-electron chi connectivity index (χ0n) is 17.2. The summed E-state index contributed by atoms with van der Waals surface area (Å²) in [6.45, 7) is 5.58. The minimum absolute atomic E-state index is 0.159. The number of halogens is 2. The highest BCUT2D eigenvalue weighted by Crippen LogP contribution is 2.31. The van der Waals surface area contributed by atoms with Gasteiger partial charge in [-0.05, 0) is 76.8 Å². The Bertz CT molecular complexity index is 1190. The lowest BCUT2D eigenvalue weighted by Crippen LogP contribution is -2.17. The number of ether oxygens (including phenoxy) is 2. The van der Waals surface area contributed by atoms with Crippen LogP contribution in [-0.2, 0) is 16.0 Å². The monoisotopic (exact) mass is 562 g/mol. The first-order valence-corrected chi connectivity index (χ1v) is 11.2. The number of carbonyl (C=O) groups is 2. The Balaban J connectivity index is 1.71. The Morgan fingerprint density at radius 3 is 2.78 bits per heavy atom. The van der Waals surface area contributed by atoms with Crippen molar-refractivity contribution in [2.75, 3.05) is 13.2 Å². The van der Waals surface area contributed by atoms with Crippen LogP contribution >= 0.6 is 31.9 Å². The lowest BCUT2D eigenvalue weighted by molar-refractivity contribution is -0.145. The van der Waals surface area contributed by atoms with Crippen LogP contribution in [0, 0.1) is 0 Å². The van der Waals surface area contributed by atoms with Crippen molar-refractivity contribution in [1.29, 1.82) is 0 Å². The van der Waals surface area contributed by atoms with Gasteiger partial charge in [-0.15, -0.1) is 6.58 Å². The molecule has 3 aromatic rings. The number of rotatable bonds is 9. The second kappa shape index (κ2) is 11.1. The molecule has 0 fully saturated rings. The molecule has 3 rings (SSSR count). The van der Waals surface area contributed by atoms with E-state index in [1.807, 2.05) is 18.2 Å². The van der Waals surface area contributed by atoms with Crippen LogP contribution < -0.4 is 10.2 Å². The third-order valence-corrected chi connectivity index (χ3v) is 5.31. The smallest absolute Gasteiger partial charge is 0.344 e. The van der Waals surface area contributed by atoms with Crippen molar-refractivity contribution in [3.8, 4) is 5.75 Å². The molecule has 1 aromatic heterocycles. The van der Waals surface area contributed by atoms with Crippen molar-refractivity contribution < 1.29 is 23.5 Å². The number of nitrogens with zero attached hydrogens (tertiary/aromatic N) is 1. The minimum Gasteiger partial charge on any atom is -0.480 e. The maximum atomic E-state index is 12.4. The quantitative estimate of drug-likeness (QED) is 0.163. The summed E-state index contributed by atoms with van der Waals surface area (Å²) < 4.78 is 17.6. The zero-order valence-corrected chi connectivity index (χ0v) is 20.4. The maximum Gasteiger partial charge on any atom is 0.344 e. The molecule has 1 amide bonds. The standard InChI is InChI=1S/C23H20Br2N2O5/c1-3-5-15-8-14(9-18(25)22(15)31-13-21(28)30-4-2)12-26-27-23(29)20-11-16-10-17(24)6-7-19(16)32-20/h3,6-12H,1,4-5,13H2,2H3,(H,27,29)/b26-12+. The molecule has 0 radical (unpaired) electrons. The van der Waals surface area contributed by atoms with Gasteiger partial charge in [0.1, 0.15) is 11.3 Å². The average Bonchev–Trinajstić information content (AvgIpc) is 3.17. The Morgan fingerprint density at radius 2 is 2.03 bits per heavy atom. The van der Waals surface area contributed by atoms with Gasteiger partial charge >= 0.3 is 11.9 Å². The molecule has 0 aliphatic carbocycles. The zero-order chi connectivity index (χ0) is 23.1. The lowest BCUT2D eigenvalue weighted by Gasteiger charge is -2.13. The number of benzene rings is 2. The largest absolute Gasteiger partial charge is 0.480 e. The highest BCUT2D eigenvalue weighted by atomic mass is 79.9. The third kappa shape index (κ3) is 6.08. The van der Waals surface area contributed by atoms with Crippen LogP contribution in [-0.4, -0.2) is 31.3 Å². The lowest BCUT2D eigenvalue weighted by atomic mass is 10.1. The van der Waals surface area contributed by atoms with Crippen LogP contribution in [0.4, 0.5) is 0 Å². The molecule has 0 saturated heterocycles. The first-order valence-electron chi connectivity index (χ1n) is 9.65. The summed E-state index contributed by atoms with van der Waals surface area (Å²) in [5.74, 6) is -0.234. The van der Waals surface area contributed by atoms with E-state index in [-0.39, 0.29) is 19.0 Å². The van der Waals surface area contributed by atoms with Gasteiger partial charge in [-0.1, -0.05) is 22.0 Å². The van der Waals surface area contributed by atoms with Gasteiger partial charge in [0.2, 0.25) is 0 Å². The summed E-state index contributed by atoms with van der Waals surface area (Å²) in [4.78, 5) is 24.0. The molecule has 0 bridgehead atoms. The molecule has 166 valence electrons. The molecule has 0 spiro atoms. The second-order valence-electron chi connectivity index (χ2n) is 6.57. The summed E-state index contributed by atoms with van der Waals surface area (Å²) >= 11 is 6.85. The van der Waals surface area contributed by atoms with Crippen LogP contribution in [0.3, 0.4) is 0 Å². The van der Waals surface area contributed by atoms with Gasteiger partial charge in [0.25, 0.3) is 0 Å². The Kier molecular flexibility index (Phi) is 8.24. The number of nitrogens with one attached hydrogen (secondary N) is 1. The van der Waals surface area contributed by atoms with E-state index in [2.05, 4.69) is 49.0 Å². The Hall–Kier alpha value is -2.91. The number of amides is 1. The normalized spacial score (nSPS) is 11.0. The van der Waals surface area contributed by atoms with Crippen molar-refractivity contribution in [3.05, 3.63) is 74.9 Å². The van der Waals surface area contributed by atoms with Gasteiger partial charge < -0.3 is 13.9 Å². The van der Waals surface area contributed by atoms with Crippen LogP contribution in [0.15, 0.2) is 67.5 Å². The molecule has 32 heavy (non-hydrogen) atoms. The van der Waals surface area contributed by atoms with Crippen molar-refractivity contribution in [3.63, 3.8) is 0 Å². The van der Waals surface area contributed by atoms with Gasteiger partial charge in [-0.2, -0.15) is 5.10 Å². The van der Waals surface area contributed by atoms with Crippen LogP contribution in [0.2, 0.25) is 0 Å². The van der Waals surface area contributed by atoms with E-state index >= 15 is 0 Å². The van der Waals surface area contributed by atoms with Gasteiger partial charge in [-0.3, -0.25) is 4.79 Å². The number of hydrazone groups is 1. The fourth-order valence-corrected chi connectivity index (χ4v) is 3.91. The summed E-state index contributed by atoms with van der Waals surface area (Å²) in [7, 11) is 0. The molecule has 2 aromatic carbocycles. The molecule has 9 heteroatoms. The predicted octanol–water partition coefficient (Wildman–Crippen LogP) is 5.39. The van der Waals surface area contributed by atoms with Gasteiger partial charge in [0.05, 0.1) is 17.3 Å². The number of allylic oxidation sites excluding steroid dienone is 1. The van der Waals surface area contributed by atoms with E-state index in [0.29, 0.717) is 27.8 Å².